The number of aryl methyl sites for hydroxylation is 2. The Morgan fingerprint density at radius 2 is 1.27 bits per heavy atom. The van der Waals surface area contributed by atoms with Gasteiger partial charge in [-0.25, -0.2) is 9.59 Å². The van der Waals surface area contributed by atoms with Crippen LogP contribution in [0.4, 0.5) is 0 Å². The van der Waals surface area contributed by atoms with Crippen molar-refractivity contribution >= 4 is 11.9 Å². The van der Waals surface area contributed by atoms with E-state index in [9.17, 15) is 14.7 Å². The topological polar surface area (TPSA) is 63.6 Å². The third-order valence-electron chi connectivity index (χ3n) is 4.16. The lowest BCUT2D eigenvalue weighted by Gasteiger charge is -2.12. The van der Waals surface area contributed by atoms with E-state index in [4.69, 9.17) is 4.74 Å². The molecule has 0 spiro atoms. The molecule has 0 bridgehead atoms. The van der Waals surface area contributed by atoms with Crippen LogP contribution < -0.4 is 0 Å². The van der Waals surface area contributed by atoms with Crippen LogP contribution in [-0.2, 0) is 27.2 Å². The van der Waals surface area contributed by atoms with E-state index in [1.54, 1.807) is 6.92 Å². The van der Waals surface area contributed by atoms with Gasteiger partial charge < -0.3 is 9.84 Å². The molecule has 0 aliphatic heterocycles. The molecule has 0 fully saturated rings. The maximum atomic E-state index is 12.4. The van der Waals surface area contributed by atoms with Gasteiger partial charge in [0.25, 0.3) is 0 Å². The molecule has 0 amide bonds. The van der Waals surface area contributed by atoms with Crippen molar-refractivity contribution in [2.45, 2.75) is 32.6 Å². The molecule has 0 aliphatic carbocycles. The van der Waals surface area contributed by atoms with Crippen molar-refractivity contribution in [1.29, 1.82) is 0 Å². The average molecular weight is 352 g/mol. The first-order valence-electron chi connectivity index (χ1n) is 8.82. The van der Waals surface area contributed by atoms with Crippen LogP contribution in [0.25, 0.3) is 0 Å². The van der Waals surface area contributed by atoms with Crippen LogP contribution in [0.5, 0.6) is 0 Å². The summed E-state index contributed by atoms with van der Waals surface area (Å²) in [6.07, 6.45) is 1.80. The fourth-order valence-corrected chi connectivity index (χ4v) is 2.81. The van der Waals surface area contributed by atoms with Gasteiger partial charge in [0.1, 0.15) is 0 Å². The molecule has 136 valence electrons. The number of carbonyl (C=O) groups is 2. The van der Waals surface area contributed by atoms with Gasteiger partial charge in [0.2, 0.25) is 0 Å². The van der Waals surface area contributed by atoms with Crippen molar-refractivity contribution in [2.75, 3.05) is 6.61 Å². The van der Waals surface area contributed by atoms with Gasteiger partial charge in [-0.2, -0.15) is 0 Å². The van der Waals surface area contributed by atoms with Crippen LogP contribution in [0.1, 0.15) is 30.9 Å². The first kappa shape index (κ1) is 19.4. The first-order valence-corrected chi connectivity index (χ1v) is 8.82. The second-order valence-corrected chi connectivity index (χ2v) is 5.95. The molecule has 0 aromatic heterocycles. The number of rotatable bonds is 9. The van der Waals surface area contributed by atoms with E-state index in [0.717, 1.165) is 11.1 Å². The standard InChI is InChI=1S/C22H24O4/c1-2-26-22(25)20(16-14-18-11-7-4-8-12-18)19(21(23)24)15-13-17-9-5-3-6-10-17/h3-12H,2,13-16H2,1H3,(H,23,24)/b20-19-. The highest BCUT2D eigenvalue weighted by molar-refractivity contribution is 5.99. The zero-order valence-electron chi connectivity index (χ0n) is 15.0. The zero-order chi connectivity index (χ0) is 18.8. The molecule has 4 nitrogen and oxygen atoms in total. The predicted molar refractivity (Wildman–Crippen MR) is 101 cm³/mol. The molecule has 26 heavy (non-hydrogen) atoms. The Kier molecular flexibility index (Phi) is 7.62. The van der Waals surface area contributed by atoms with Crippen molar-refractivity contribution in [1.82, 2.24) is 0 Å². The van der Waals surface area contributed by atoms with E-state index in [1.165, 1.54) is 0 Å². The molecule has 0 saturated heterocycles. The fourth-order valence-electron chi connectivity index (χ4n) is 2.81. The summed E-state index contributed by atoms with van der Waals surface area (Å²) in [4.78, 5) is 24.2. The van der Waals surface area contributed by atoms with Crippen molar-refractivity contribution < 1.29 is 19.4 Å². The molecule has 0 radical (unpaired) electrons. The molecule has 0 saturated carbocycles. The van der Waals surface area contributed by atoms with Crippen LogP contribution in [-0.4, -0.2) is 23.7 Å². The van der Waals surface area contributed by atoms with Gasteiger partial charge in [0, 0.05) is 11.1 Å². The van der Waals surface area contributed by atoms with Gasteiger partial charge in [-0.05, 0) is 43.7 Å². The Bertz CT molecular complexity index is 748. The highest BCUT2D eigenvalue weighted by atomic mass is 16.5. The number of benzene rings is 2. The molecule has 0 heterocycles. The average Bonchev–Trinajstić information content (AvgIpc) is 2.66. The maximum absolute atomic E-state index is 12.4. The van der Waals surface area contributed by atoms with E-state index in [-0.39, 0.29) is 17.8 Å². The van der Waals surface area contributed by atoms with E-state index in [2.05, 4.69) is 0 Å². The predicted octanol–water partition coefficient (Wildman–Crippen LogP) is 4.20. The van der Waals surface area contributed by atoms with Crippen LogP contribution in [0.15, 0.2) is 71.8 Å². The number of carbonyl (C=O) groups excluding carboxylic acids is 1. The first-order chi connectivity index (χ1) is 12.6. The largest absolute Gasteiger partial charge is 0.478 e. The van der Waals surface area contributed by atoms with E-state index >= 15 is 0 Å². The summed E-state index contributed by atoms with van der Waals surface area (Å²) in [6.45, 7) is 1.94. The van der Waals surface area contributed by atoms with Crippen molar-refractivity contribution in [3.63, 3.8) is 0 Å². The Balaban J connectivity index is 2.23. The highest BCUT2D eigenvalue weighted by Gasteiger charge is 2.21. The number of hydrogen-bond acceptors (Lipinski definition) is 3. The molecule has 2 aromatic carbocycles. The molecular formula is C22H24O4. The normalized spacial score (nSPS) is 11.6. The Morgan fingerprint density at radius 3 is 1.69 bits per heavy atom. The van der Waals surface area contributed by atoms with Gasteiger partial charge >= 0.3 is 11.9 Å². The summed E-state index contributed by atoms with van der Waals surface area (Å²) in [6, 6.07) is 19.4. The second kappa shape index (κ2) is 10.2. The molecule has 0 atom stereocenters. The van der Waals surface area contributed by atoms with Crippen molar-refractivity contribution in [3.05, 3.63) is 82.9 Å². The number of carboxylic acids is 1. The van der Waals surface area contributed by atoms with Crippen LogP contribution in [0, 0.1) is 0 Å². The molecule has 2 rings (SSSR count). The quantitative estimate of drug-likeness (QED) is 0.543. The van der Waals surface area contributed by atoms with Crippen LogP contribution in [0.2, 0.25) is 0 Å². The SMILES string of the molecule is CCOC(=O)/C(CCc1ccccc1)=C(/CCc1ccccc1)C(=O)O. The minimum absolute atomic E-state index is 0.142. The molecule has 0 aliphatic rings. The summed E-state index contributed by atoms with van der Waals surface area (Å²) >= 11 is 0. The number of ether oxygens (including phenoxy) is 1. The second-order valence-electron chi connectivity index (χ2n) is 5.95. The minimum atomic E-state index is -1.06. The van der Waals surface area contributed by atoms with Crippen molar-refractivity contribution in [3.8, 4) is 0 Å². The zero-order valence-corrected chi connectivity index (χ0v) is 15.0. The number of carboxylic acid groups (broad SMARTS) is 1. The number of esters is 1. The summed E-state index contributed by atoms with van der Waals surface area (Å²) in [5.41, 5.74) is 2.50. The highest BCUT2D eigenvalue weighted by Crippen LogP contribution is 2.20. The van der Waals surface area contributed by atoms with E-state index in [1.807, 2.05) is 60.7 Å². The van der Waals surface area contributed by atoms with Gasteiger partial charge in [-0.1, -0.05) is 60.7 Å². The lowest BCUT2D eigenvalue weighted by Crippen LogP contribution is -2.16. The van der Waals surface area contributed by atoms with E-state index in [0.29, 0.717) is 25.7 Å². The van der Waals surface area contributed by atoms with Crippen LogP contribution >= 0.6 is 0 Å². The Labute approximate surface area is 154 Å². The summed E-state index contributed by atoms with van der Waals surface area (Å²) in [7, 11) is 0. The Hall–Kier alpha value is -2.88. The third kappa shape index (κ3) is 5.88. The number of hydrogen-bond donors (Lipinski definition) is 1. The maximum Gasteiger partial charge on any atom is 0.334 e. The fraction of sp³-hybridized carbons (Fsp3) is 0.273. The molecule has 1 N–H and O–H groups in total. The van der Waals surface area contributed by atoms with Gasteiger partial charge in [0.05, 0.1) is 6.61 Å². The Morgan fingerprint density at radius 1 is 0.808 bits per heavy atom. The summed E-state index contributed by atoms with van der Waals surface area (Å²) in [5, 5.41) is 9.67. The van der Waals surface area contributed by atoms with Crippen LogP contribution in [0.3, 0.4) is 0 Å². The summed E-state index contributed by atoms with van der Waals surface area (Å²) in [5.74, 6) is -1.59. The molecule has 2 aromatic rings. The van der Waals surface area contributed by atoms with Gasteiger partial charge in [0.15, 0.2) is 0 Å². The van der Waals surface area contributed by atoms with Gasteiger partial charge in [-0.3, -0.25) is 0 Å². The molecular weight excluding hydrogens is 328 g/mol. The summed E-state index contributed by atoms with van der Waals surface area (Å²) < 4.78 is 5.12. The number of aliphatic carboxylic acids is 1. The minimum Gasteiger partial charge on any atom is -0.478 e. The lowest BCUT2D eigenvalue weighted by molar-refractivity contribution is -0.140. The van der Waals surface area contributed by atoms with Crippen molar-refractivity contribution in [2.24, 2.45) is 0 Å². The monoisotopic (exact) mass is 352 g/mol. The molecule has 4 heteroatoms. The lowest BCUT2D eigenvalue weighted by atomic mass is 9.95. The smallest absolute Gasteiger partial charge is 0.334 e. The molecule has 0 unspecified atom stereocenters. The third-order valence-corrected chi connectivity index (χ3v) is 4.16. The van der Waals surface area contributed by atoms with E-state index < -0.39 is 11.9 Å². The van der Waals surface area contributed by atoms with Gasteiger partial charge in [-0.15, -0.1) is 0 Å².